The Morgan fingerprint density at radius 2 is 1.51 bits per heavy atom. The summed E-state index contributed by atoms with van der Waals surface area (Å²) in [5, 5.41) is 12.2. The molecule has 2 N–H and O–H groups in total. The number of alkyl carbamates (subject to hydrolysis) is 1. The summed E-state index contributed by atoms with van der Waals surface area (Å²) >= 11 is 0. The fraction of sp³-hybridized carbons (Fsp3) is 0.161. The molecule has 1 unspecified atom stereocenters. The first-order chi connectivity index (χ1) is 18.9. The molecule has 0 saturated heterocycles. The van der Waals surface area contributed by atoms with E-state index >= 15 is 0 Å². The fourth-order valence-corrected chi connectivity index (χ4v) is 4.84. The molecule has 0 spiro atoms. The number of rotatable bonds is 8. The molecule has 1 heterocycles. The van der Waals surface area contributed by atoms with Gasteiger partial charge in [-0.2, -0.15) is 0 Å². The van der Waals surface area contributed by atoms with E-state index in [1.807, 2.05) is 48.5 Å². The Morgan fingerprint density at radius 1 is 0.872 bits per heavy atom. The number of amides is 1. The minimum Gasteiger partial charge on any atom is -0.480 e. The highest BCUT2D eigenvalue weighted by Gasteiger charge is 2.30. The molecular formula is C31H26N2O6. The molecule has 1 aliphatic carbocycles. The smallest absolute Gasteiger partial charge is 0.407 e. The van der Waals surface area contributed by atoms with Crippen molar-refractivity contribution in [2.45, 2.75) is 18.4 Å². The monoisotopic (exact) mass is 522 g/mol. The van der Waals surface area contributed by atoms with Gasteiger partial charge in [0.25, 0.3) is 0 Å². The second kappa shape index (κ2) is 11.2. The Labute approximate surface area is 225 Å². The summed E-state index contributed by atoms with van der Waals surface area (Å²) in [6.07, 6.45) is -0.841. The topological polar surface area (TPSA) is 115 Å². The standard InChI is InChI=1S/C31H26N2O6/c1-38-30(36)20-15-13-19(14-16-20)27-12-6-7-21(32-27)17-28(29(34)35)33-31(37)39-18-26-24-10-4-2-8-22(24)23-9-3-5-11-25(23)26/h2-16,26,28H,17-18H2,1H3,(H,33,37)(H,34,35). The van der Waals surface area contributed by atoms with Gasteiger partial charge in [-0.05, 0) is 46.5 Å². The predicted octanol–water partition coefficient (Wildman–Crippen LogP) is 5.07. The number of esters is 1. The van der Waals surface area contributed by atoms with Crippen LogP contribution in [-0.2, 0) is 20.7 Å². The zero-order valence-electron chi connectivity index (χ0n) is 21.2. The number of carbonyl (C=O) groups is 3. The van der Waals surface area contributed by atoms with Gasteiger partial charge in [-0.15, -0.1) is 0 Å². The third kappa shape index (κ3) is 5.50. The van der Waals surface area contributed by atoms with E-state index in [2.05, 4.69) is 10.3 Å². The number of ether oxygens (including phenoxy) is 2. The fourth-order valence-electron chi connectivity index (χ4n) is 4.84. The van der Waals surface area contributed by atoms with Crippen LogP contribution in [0.2, 0.25) is 0 Å². The van der Waals surface area contributed by atoms with Crippen LogP contribution in [0.25, 0.3) is 22.4 Å². The summed E-state index contributed by atoms with van der Waals surface area (Å²) < 4.78 is 10.2. The highest BCUT2D eigenvalue weighted by atomic mass is 16.5. The van der Waals surface area contributed by atoms with Gasteiger partial charge in [0.05, 0.1) is 18.4 Å². The molecule has 8 heteroatoms. The number of nitrogens with zero attached hydrogens (tertiary/aromatic N) is 1. The number of aliphatic carboxylic acids is 1. The molecule has 0 saturated carbocycles. The van der Waals surface area contributed by atoms with Crippen molar-refractivity contribution >= 4 is 18.0 Å². The van der Waals surface area contributed by atoms with Crippen molar-refractivity contribution in [3.63, 3.8) is 0 Å². The largest absolute Gasteiger partial charge is 0.480 e. The van der Waals surface area contributed by atoms with Crippen molar-refractivity contribution in [3.8, 4) is 22.4 Å². The van der Waals surface area contributed by atoms with E-state index in [0.717, 1.165) is 27.8 Å². The van der Waals surface area contributed by atoms with Crippen molar-refractivity contribution in [1.29, 1.82) is 0 Å². The lowest BCUT2D eigenvalue weighted by molar-refractivity contribution is -0.139. The van der Waals surface area contributed by atoms with Crippen LogP contribution in [0.5, 0.6) is 0 Å². The maximum absolute atomic E-state index is 12.7. The van der Waals surface area contributed by atoms with Gasteiger partial charge < -0.3 is 19.9 Å². The van der Waals surface area contributed by atoms with Gasteiger partial charge in [-0.1, -0.05) is 66.7 Å². The molecule has 1 amide bonds. The number of nitrogens with one attached hydrogen (secondary N) is 1. The SMILES string of the molecule is COC(=O)c1ccc(-c2cccc(CC(NC(=O)OCC3c4ccccc4-c4ccccc43)C(=O)O)n2)cc1. The molecule has 3 aromatic carbocycles. The minimum atomic E-state index is -1.23. The maximum Gasteiger partial charge on any atom is 0.407 e. The molecule has 0 bridgehead atoms. The van der Waals surface area contributed by atoms with Gasteiger partial charge in [-0.25, -0.2) is 14.4 Å². The van der Waals surface area contributed by atoms with Crippen LogP contribution >= 0.6 is 0 Å². The van der Waals surface area contributed by atoms with Gasteiger partial charge in [0.2, 0.25) is 0 Å². The van der Waals surface area contributed by atoms with E-state index in [4.69, 9.17) is 9.47 Å². The summed E-state index contributed by atoms with van der Waals surface area (Å²) in [5.41, 5.74) is 6.61. The first-order valence-electron chi connectivity index (χ1n) is 12.4. The summed E-state index contributed by atoms with van der Waals surface area (Å²) in [5.74, 6) is -1.76. The number of methoxy groups -OCH3 is 1. The van der Waals surface area contributed by atoms with Crippen LogP contribution in [0.4, 0.5) is 4.79 Å². The van der Waals surface area contributed by atoms with Crippen LogP contribution in [0.3, 0.4) is 0 Å². The molecule has 1 aromatic heterocycles. The van der Waals surface area contributed by atoms with Gasteiger partial charge >= 0.3 is 18.0 Å². The lowest BCUT2D eigenvalue weighted by Gasteiger charge is -2.17. The summed E-state index contributed by atoms with van der Waals surface area (Å²) in [7, 11) is 1.32. The number of carboxylic acids is 1. The minimum absolute atomic E-state index is 0.0341. The number of benzene rings is 3. The van der Waals surface area contributed by atoms with E-state index in [0.29, 0.717) is 17.0 Å². The number of hydrogen-bond donors (Lipinski definition) is 2. The molecule has 0 fully saturated rings. The van der Waals surface area contributed by atoms with Gasteiger partial charge in [0, 0.05) is 23.6 Å². The summed E-state index contributed by atoms with van der Waals surface area (Å²) in [4.78, 5) is 40.9. The molecule has 0 aliphatic heterocycles. The first-order valence-corrected chi connectivity index (χ1v) is 12.4. The van der Waals surface area contributed by atoms with E-state index in [9.17, 15) is 19.5 Å². The second-order valence-electron chi connectivity index (χ2n) is 9.15. The van der Waals surface area contributed by atoms with Crippen molar-refractivity contribution in [3.05, 3.63) is 113 Å². The zero-order valence-corrected chi connectivity index (χ0v) is 21.2. The Balaban J connectivity index is 1.24. The zero-order chi connectivity index (χ0) is 27.4. The molecule has 196 valence electrons. The molecule has 1 atom stereocenters. The lowest BCUT2D eigenvalue weighted by Crippen LogP contribution is -2.43. The van der Waals surface area contributed by atoms with Crippen LogP contribution in [0.1, 0.15) is 33.1 Å². The highest BCUT2D eigenvalue weighted by molar-refractivity contribution is 5.90. The third-order valence-corrected chi connectivity index (χ3v) is 6.76. The van der Waals surface area contributed by atoms with Crippen LogP contribution in [0.15, 0.2) is 91.0 Å². The molecular weight excluding hydrogens is 496 g/mol. The summed E-state index contributed by atoms with van der Waals surface area (Å²) in [6, 6.07) is 26.7. The number of carbonyl (C=O) groups excluding carboxylic acids is 2. The summed E-state index contributed by atoms with van der Waals surface area (Å²) in [6.45, 7) is 0.0848. The molecule has 5 rings (SSSR count). The van der Waals surface area contributed by atoms with Crippen LogP contribution in [-0.4, -0.2) is 47.9 Å². The number of aromatic nitrogens is 1. The number of carboxylic acid groups (broad SMARTS) is 1. The average Bonchev–Trinajstić information content (AvgIpc) is 3.29. The Morgan fingerprint density at radius 3 is 2.13 bits per heavy atom. The predicted molar refractivity (Wildman–Crippen MR) is 144 cm³/mol. The van der Waals surface area contributed by atoms with Crippen molar-refractivity contribution in [2.24, 2.45) is 0 Å². The number of fused-ring (bicyclic) bond motifs is 3. The Bertz CT molecular complexity index is 1490. The molecule has 1 aliphatic rings. The second-order valence-corrected chi connectivity index (χ2v) is 9.15. The molecule has 8 nitrogen and oxygen atoms in total. The van der Waals surface area contributed by atoms with Crippen molar-refractivity contribution in [1.82, 2.24) is 10.3 Å². The van der Waals surface area contributed by atoms with E-state index in [1.54, 1.807) is 42.5 Å². The number of hydrogen-bond acceptors (Lipinski definition) is 6. The Hall–Kier alpha value is -4.98. The normalized spacial score (nSPS) is 12.6. The molecule has 0 radical (unpaired) electrons. The van der Waals surface area contributed by atoms with Crippen molar-refractivity contribution in [2.75, 3.05) is 13.7 Å². The third-order valence-electron chi connectivity index (χ3n) is 6.76. The number of pyridine rings is 1. The first kappa shape index (κ1) is 25.7. The van der Waals surface area contributed by atoms with E-state index in [-0.39, 0.29) is 18.9 Å². The highest BCUT2D eigenvalue weighted by Crippen LogP contribution is 2.44. The average molecular weight is 523 g/mol. The lowest BCUT2D eigenvalue weighted by atomic mass is 9.98. The van der Waals surface area contributed by atoms with Gasteiger partial charge in [0.1, 0.15) is 12.6 Å². The van der Waals surface area contributed by atoms with E-state index < -0.39 is 24.1 Å². The quantitative estimate of drug-likeness (QED) is 0.311. The van der Waals surface area contributed by atoms with Gasteiger partial charge in [-0.3, -0.25) is 4.98 Å². The Kier molecular flexibility index (Phi) is 7.36. The van der Waals surface area contributed by atoms with Gasteiger partial charge in [0.15, 0.2) is 0 Å². The molecule has 4 aromatic rings. The van der Waals surface area contributed by atoms with E-state index in [1.165, 1.54) is 7.11 Å². The van der Waals surface area contributed by atoms with Crippen LogP contribution in [0, 0.1) is 0 Å². The van der Waals surface area contributed by atoms with Crippen LogP contribution < -0.4 is 5.32 Å². The molecule has 39 heavy (non-hydrogen) atoms. The van der Waals surface area contributed by atoms with Crippen molar-refractivity contribution < 1.29 is 29.0 Å². The maximum atomic E-state index is 12.7.